The van der Waals surface area contributed by atoms with Gasteiger partial charge in [-0.3, -0.25) is 14.0 Å². The molecule has 1 spiro atoms. The van der Waals surface area contributed by atoms with Gasteiger partial charge in [-0.15, -0.1) is 0 Å². The van der Waals surface area contributed by atoms with E-state index in [4.69, 9.17) is 10.7 Å². The van der Waals surface area contributed by atoms with E-state index in [1.807, 2.05) is 9.30 Å². The predicted molar refractivity (Wildman–Crippen MR) is 141 cm³/mol. The second kappa shape index (κ2) is 9.18. The van der Waals surface area contributed by atoms with Gasteiger partial charge in [0.1, 0.15) is 28.7 Å². The van der Waals surface area contributed by atoms with Crippen molar-refractivity contribution in [3.63, 3.8) is 0 Å². The van der Waals surface area contributed by atoms with Crippen molar-refractivity contribution in [1.82, 2.24) is 24.3 Å². The van der Waals surface area contributed by atoms with E-state index in [1.165, 1.54) is 18.2 Å². The van der Waals surface area contributed by atoms with E-state index < -0.39 is 17.6 Å². The number of anilines is 2. The summed E-state index contributed by atoms with van der Waals surface area (Å²) in [6.07, 6.45) is 3.99. The standard InChI is InChI=1S/C28H24F3N7O2/c1-2-21(39)38-15-27(8-9-27)14-19(38)25-36-22(23-24(32)34-11-12-37(23)25)16-3-5-17(6-4-16)26(40)35-20-13-18(7-10-33-20)28(29,30)31/h2-7,10-13,19H,1,8-9,14-15H2,(H2,32,34)(H,33,35,40). The van der Waals surface area contributed by atoms with Crippen LogP contribution in [0.2, 0.25) is 0 Å². The van der Waals surface area contributed by atoms with Crippen LogP contribution in [0.15, 0.2) is 67.6 Å². The molecule has 204 valence electrons. The van der Waals surface area contributed by atoms with Gasteiger partial charge in [-0.25, -0.2) is 15.0 Å². The number of carbonyl (C=O) groups is 2. The second-order valence-electron chi connectivity index (χ2n) is 10.2. The van der Waals surface area contributed by atoms with E-state index in [1.54, 1.807) is 24.5 Å². The fourth-order valence-corrected chi connectivity index (χ4v) is 5.34. The highest BCUT2D eigenvalue weighted by Crippen LogP contribution is 2.58. The first-order chi connectivity index (χ1) is 19.1. The van der Waals surface area contributed by atoms with Gasteiger partial charge in [-0.2, -0.15) is 13.2 Å². The molecule has 2 aliphatic rings. The van der Waals surface area contributed by atoms with Gasteiger partial charge in [0.05, 0.1) is 11.6 Å². The Morgan fingerprint density at radius 2 is 1.88 bits per heavy atom. The Kier molecular flexibility index (Phi) is 5.86. The maximum atomic E-state index is 13.0. The number of pyridine rings is 1. The number of aromatic nitrogens is 4. The number of likely N-dealkylation sites (tertiary alicyclic amines) is 1. The summed E-state index contributed by atoms with van der Waals surface area (Å²) in [6.45, 7) is 4.31. The lowest BCUT2D eigenvalue weighted by atomic mass is 10.0. The van der Waals surface area contributed by atoms with Gasteiger partial charge < -0.3 is 16.0 Å². The Balaban J connectivity index is 1.32. The third kappa shape index (κ3) is 4.44. The van der Waals surface area contributed by atoms with Gasteiger partial charge in [0.2, 0.25) is 5.91 Å². The number of nitrogens with two attached hydrogens (primary N) is 1. The smallest absolute Gasteiger partial charge is 0.382 e. The number of fused-ring (bicyclic) bond motifs is 1. The summed E-state index contributed by atoms with van der Waals surface area (Å²) in [7, 11) is 0. The Morgan fingerprint density at radius 1 is 1.12 bits per heavy atom. The van der Waals surface area contributed by atoms with Crippen molar-refractivity contribution in [2.24, 2.45) is 5.41 Å². The van der Waals surface area contributed by atoms with E-state index >= 15 is 0 Å². The maximum Gasteiger partial charge on any atom is 0.416 e. The van der Waals surface area contributed by atoms with E-state index in [-0.39, 0.29) is 34.6 Å². The number of carbonyl (C=O) groups excluding carboxylic acids is 2. The van der Waals surface area contributed by atoms with Crippen molar-refractivity contribution in [3.05, 3.63) is 84.6 Å². The number of rotatable bonds is 5. The molecule has 0 bridgehead atoms. The predicted octanol–water partition coefficient (Wildman–Crippen LogP) is 4.88. The van der Waals surface area contributed by atoms with Crippen LogP contribution in [0.5, 0.6) is 0 Å². The molecule has 1 aliphatic carbocycles. The molecule has 2 amide bonds. The molecule has 2 fully saturated rings. The first-order valence-corrected chi connectivity index (χ1v) is 12.6. The van der Waals surface area contributed by atoms with E-state index in [0.717, 1.165) is 37.6 Å². The highest BCUT2D eigenvalue weighted by molar-refractivity contribution is 6.04. The molecular formula is C28H24F3N7O2. The summed E-state index contributed by atoms with van der Waals surface area (Å²) in [5.41, 5.74) is 7.45. The summed E-state index contributed by atoms with van der Waals surface area (Å²) in [5, 5.41) is 2.40. The molecule has 3 aromatic heterocycles. The quantitative estimate of drug-likeness (QED) is 0.344. The van der Waals surface area contributed by atoms with Gasteiger partial charge in [-0.1, -0.05) is 18.7 Å². The molecule has 40 heavy (non-hydrogen) atoms. The molecule has 6 rings (SSSR count). The molecule has 1 atom stereocenters. The van der Waals surface area contributed by atoms with Crippen molar-refractivity contribution >= 4 is 29.0 Å². The summed E-state index contributed by atoms with van der Waals surface area (Å²) in [4.78, 5) is 40.2. The zero-order valence-electron chi connectivity index (χ0n) is 21.2. The van der Waals surface area contributed by atoms with Crippen molar-refractivity contribution in [3.8, 4) is 11.3 Å². The lowest BCUT2D eigenvalue weighted by molar-refractivity contribution is -0.137. The number of nitrogens with zero attached hydrogens (tertiary/aromatic N) is 5. The number of amides is 2. The monoisotopic (exact) mass is 547 g/mol. The van der Waals surface area contributed by atoms with Gasteiger partial charge in [0, 0.05) is 36.3 Å². The molecule has 9 nitrogen and oxygen atoms in total. The van der Waals surface area contributed by atoms with Crippen LogP contribution in [-0.2, 0) is 11.0 Å². The minimum atomic E-state index is -4.55. The van der Waals surface area contributed by atoms with Crippen LogP contribution < -0.4 is 11.1 Å². The molecule has 1 unspecified atom stereocenters. The highest BCUT2D eigenvalue weighted by atomic mass is 19.4. The number of nitrogen functional groups attached to an aromatic ring is 1. The average Bonchev–Trinajstić information content (AvgIpc) is 3.41. The van der Waals surface area contributed by atoms with E-state index in [9.17, 15) is 22.8 Å². The number of alkyl halides is 3. The number of benzene rings is 1. The van der Waals surface area contributed by atoms with Crippen LogP contribution in [-0.4, -0.2) is 42.6 Å². The van der Waals surface area contributed by atoms with Crippen LogP contribution in [0.1, 0.15) is 47.1 Å². The summed E-state index contributed by atoms with van der Waals surface area (Å²) in [6, 6.07) is 7.78. The maximum absolute atomic E-state index is 13.0. The number of hydrogen-bond donors (Lipinski definition) is 2. The summed E-state index contributed by atoms with van der Waals surface area (Å²) >= 11 is 0. The fourth-order valence-electron chi connectivity index (χ4n) is 5.34. The van der Waals surface area contributed by atoms with Crippen LogP contribution >= 0.6 is 0 Å². The zero-order valence-corrected chi connectivity index (χ0v) is 21.2. The second-order valence-corrected chi connectivity index (χ2v) is 10.2. The normalized spacial score (nSPS) is 17.8. The average molecular weight is 548 g/mol. The number of imidazole rings is 1. The number of nitrogens with one attached hydrogen (secondary N) is 1. The SMILES string of the molecule is C=CC(=O)N1CC2(CC2)CC1c1nc(-c2ccc(C(=O)Nc3cc(C(F)(F)F)ccn3)cc2)c2c(N)nccn12. The number of hydrogen-bond acceptors (Lipinski definition) is 6. The Morgan fingerprint density at radius 3 is 2.55 bits per heavy atom. The first-order valence-electron chi connectivity index (χ1n) is 12.6. The molecule has 3 N–H and O–H groups in total. The van der Waals surface area contributed by atoms with E-state index in [2.05, 4.69) is 21.9 Å². The lowest BCUT2D eigenvalue weighted by Gasteiger charge is -2.22. The zero-order chi connectivity index (χ0) is 28.2. The van der Waals surface area contributed by atoms with E-state index in [0.29, 0.717) is 29.1 Å². The Labute approximate surface area is 226 Å². The fraction of sp³-hybridized carbons (Fsp3) is 0.250. The van der Waals surface area contributed by atoms with Crippen LogP contribution in [0.3, 0.4) is 0 Å². The molecule has 4 aromatic rings. The molecule has 1 aromatic carbocycles. The topological polar surface area (TPSA) is 119 Å². The lowest BCUT2D eigenvalue weighted by Crippen LogP contribution is -2.30. The third-order valence-corrected chi connectivity index (χ3v) is 7.58. The van der Waals surface area contributed by atoms with Crippen LogP contribution in [0.4, 0.5) is 24.8 Å². The van der Waals surface area contributed by atoms with Crippen molar-refractivity contribution in [1.29, 1.82) is 0 Å². The molecule has 12 heteroatoms. The van der Waals surface area contributed by atoms with Crippen LogP contribution in [0, 0.1) is 5.41 Å². The summed E-state index contributed by atoms with van der Waals surface area (Å²) in [5.74, 6) is -0.0602. The minimum absolute atomic E-state index is 0.109. The number of halogens is 3. The molecule has 1 saturated heterocycles. The summed E-state index contributed by atoms with van der Waals surface area (Å²) < 4.78 is 40.9. The largest absolute Gasteiger partial charge is 0.416 e. The van der Waals surface area contributed by atoms with Gasteiger partial charge in [0.15, 0.2) is 0 Å². The molecule has 4 heterocycles. The van der Waals surface area contributed by atoms with Crippen LogP contribution in [0.25, 0.3) is 16.8 Å². The molecule has 1 aliphatic heterocycles. The molecular weight excluding hydrogens is 523 g/mol. The highest BCUT2D eigenvalue weighted by Gasteiger charge is 2.54. The minimum Gasteiger partial charge on any atom is -0.382 e. The van der Waals surface area contributed by atoms with Gasteiger partial charge in [-0.05, 0) is 55.0 Å². The third-order valence-electron chi connectivity index (χ3n) is 7.58. The Hall–Kier alpha value is -4.74. The van der Waals surface area contributed by atoms with Crippen molar-refractivity contribution < 1.29 is 22.8 Å². The Bertz CT molecular complexity index is 1660. The van der Waals surface area contributed by atoms with Crippen molar-refractivity contribution in [2.75, 3.05) is 17.6 Å². The van der Waals surface area contributed by atoms with Crippen molar-refractivity contribution in [2.45, 2.75) is 31.5 Å². The van der Waals surface area contributed by atoms with Gasteiger partial charge >= 0.3 is 6.18 Å². The van der Waals surface area contributed by atoms with Gasteiger partial charge in [0.25, 0.3) is 5.91 Å². The first kappa shape index (κ1) is 25.5. The molecule has 0 radical (unpaired) electrons. The molecule has 1 saturated carbocycles.